The lowest BCUT2D eigenvalue weighted by atomic mass is 10.2. The van der Waals surface area contributed by atoms with E-state index in [0.29, 0.717) is 22.3 Å². The van der Waals surface area contributed by atoms with E-state index in [1.165, 1.54) is 0 Å². The van der Waals surface area contributed by atoms with Crippen molar-refractivity contribution >= 4 is 28.9 Å². The molecule has 1 rings (SSSR count). The summed E-state index contributed by atoms with van der Waals surface area (Å²) in [5.74, 6) is 0.698. The second-order valence-electron chi connectivity index (χ2n) is 3.17. The standard InChI is InChI=1S/C11H13Cl2NO/c1-7-4-10(14-6-8(2)12)11(15-3)5-9(7)13/h4-5,14H,2,6H2,1,3H3. The van der Waals surface area contributed by atoms with Gasteiger partial charge in [-0.2, -0.15) is 0 Å². The third-order valence-electron chi connectivity index (χ3n) is 1.95. The summed E-state index contributed by atoms with van der Waals surface area (Å²) in [4.78, 5) is 0. The minimum atomic E-state index is 0.499. The van der Waals surface area contributed by atoms with E-state index in [1.54, 1.807) is 13.2 Å². The van der Waals surface area contributed by atoms with Crippen molar-refractivity contribution in [3.63, 3.8) is 0 Å². The Hall–Kier alpha value is -0.860. The quantitative estimate of drug-likeness (QED) is 0.871. The van der Waals surface area contributed by atoms with E-state index in [-0.39, 0.29) is 0 Å². The first-order valence-corrected chi connectivity index (χ1v) is 5.21. The summed E-state index contributed by atoms with van der Waals surface area (Å²) >= 11 is 11.6. The monoisotopic (exact) mass is 245 g/mol. The Kier molecular flexibility index (Phi) is 4.30. The number of methoxy groups -OCH3 is 1. The SMILES string of the molecule is C=C(Cl)CNc1cc(C)c(Cl)cc1OC. The maximum atomic E-state index is 5.98. The Bertz CT molecular complexity index is 377. The van der Waals surface area contributed by atoms with Crippen molar-refractivity contribution in [1.29, 1.82) is 0 Å². The smallest absolute Gasteiger partial charge is 0.143 e. The molecule has 0 bridgehead atoms. The molecule has 0 atom stereocenters. The summed E-state index contributed by atoms with van der Waals surface area (Å²) < 4.78 is 5.19. The van der Waals surface area contributed by atoms with Gasteiger partial charge in [0.25, 0.3) is 0 Å². The molecular formula is C11H13Cl2NO. The lowest BCUT2D eigenvalue weighted by molar-refractivity contribution is 0.416. The van der Waals surface area contributed by atoms with Crippen LogP contribution in [0.2, 0.25) is 5.02 Å². The average molecular weight is 246 g/mol. The predicted octanol–water partition coefficient (Wildman–Crippen LogP) is 3.82. The second kappa shape index (κ2) is 5.29. The Morgan fingerprint density at radius 1 is 1.53 bits per heavy atom. The summed E-state index contributed by atoms with van der Waals surface area (Å²) in [5, 5.41) is 4.35. The van der Waals surface area contributed by atoms with Crippen molar-refractivity contribution in [2.24, 2.45) is 0 Å². The highest BCUT2D eigenvalue weighted by Gasteiger charge is 2.06. The van der Waals surface area contributed by atoms with E-state index < -0.39 is 0 Å². The van der Waals surface area contributed by atoms with E-state index in [2.05, 4.69) is 11.9 Å². The lowest BCUT2D eigenvalue weighted by Crippen LogP contribution is -2.03. The number of hydrogen-bond donors (Lipinski definition) is 1. The number of anilines is 1. The number of nitrogens with one attached hydrogen (secondary N) is 1. The fraction of sp³-hybridized carbons (Fsp3) is 0.273. The molecule has 0 aliphatic heterocycles. The molecule has 2 nitrogen and oxygen atoms in total. The zero-order chi connectivity index (χ0) is 11.4. The summed E-state index contributed by atoms with van der Waals surface area (Å²) in [6, 6.07) is 3.69. The molecule has 0 saturated carbocycles. The molecule has 1 aromatic rings. The highest BCUT2D eigenvalue weighted by Crippen LogP contribution is 2.30. The Morgan fingerprint density at radius 2 is 2.20 bits per heavy atom. The topological polar surface area (TPSA) is 21.3 Å². The van der Waals surface area contributed by atoms with Crippen molar-refractivity contribution in [2.45, 2.75) is 6.92 Å². The van der Waals surface area contributed by atoms with Crippen molar-refractivity contribution in [3.05, 3.63) is 34.3 Å². The molecule has 0 aliphatic carbocycles. The van der Waals surface area contributed by atoms with Crippen LogP contribution in [0.15, 0.2) is 23.7 Å². The molecule has 0 spiro atoms. The molecule has 0 saturated heterocycles. The van der Waals surface area contributed by atoms with E-state index in [1.807, 2.05) is 13.0 Å². The second-order valence-corrected chi connectivity index (χ2v) is 4.11. The minimum absolute atomic E-state index is 0.499. The van der Waals surface area contributed by atoms with Gasteiger partial charge in [-0.15, -0.1) is 0 Å². The lowest BCUT2D eigenvalue weighted by Gasteiger charge is -2.12. The zero-order valence-corrected chi connectivity index (χ0v) is 10.2. The molecule has 0 aliphatic rings. The maximum absolute atomic E-state index is 5.98. The average Bonchev–Trinajstić information content (AvgIpc) is 2.19. The first-order chi connectivity index (χ1) is 7.04. The molecule has 0 amide bonds. The Morgan fingerprint density at radius 3 is 2.73 bits per heavy atom. The van der Waals surface area contributed by atoms with Crippen LogP contribution < -0.4 is 10.1 Å². The van der Waals surface area contributed by atoms with Crippen LogP contribution in [-0.2, 0) is 0 Å². The van der Waals surface area contributed by atoms with Crippen LogP contribution in [-0.4, -0.2) is 13.7 Å². The van der Waals surface area contributed by atoms with Gasteiger partial charge in [-0.05, 0) is 18.6 Å². The summed E-state index contributed by atoms with van der Waals surface area (Å²) in [7, 11) is 1.60. The molecule has 1 N–H and O–H groups in total. The molecular weight excluding hydrogens is 233 g/mol. The maximum Gasteiger partial charge on any atom is 0.143 e. The minimum Gasteiger partial charge on any atom is -0.495 e. The molecule has 82 valence electrons. The van der Waals surface area contributed by atoms with Gasteiger partial charge in [0.15, 0.2) is 0 Å². The van der Waals surface area contributed by atoms with Crippen LogP contribution in [0, 0.1) is 6.92 Å². The van der Waals surface area contributed by atoms with Gasteiger partial charge < -0.3 is 10.1 Å². The highest BCUT2D eigenvalue weighted by atomic mass is 35.5. The van der Waals surface area contributed by atoms with Crippen LogP contribution in [0.25, 0.3) is 0 Å². The number of benzene rings is 1. The molecule has 0 heterocycles. The highest BCUT2D eigenvalue weighted by molar-refractivity contribution is 6.31. The molecule has 15 heavy (non-hydrogen) atoms. The van der Waals surface area contributed by atoms with Crippen molar-refractivity contribution in [2.75, 3.05) is 19.0 Å². The summed E-state index contributed by atoms with van der Waals surface area (Å²) in [6.07, 6.45) is 0. The van der Waals surface area contributed by atoms with E-state index in [0.717, 1.165) is 11.3 Å². The normalized spacial score (nSPS) is 9.87. The summed E-state index contributed by atoms with van der Waals surface area (Å²) in [6.45, 7) is 6.03. The number of rotatable bonds is 4. The molecule has 0 radical (unpaired) electrons. The van der Waals surface area contributed by atoms with E-state index in [9.17, 15) is 0 Å². The Balaban J connectivity index is 2.94. The van der Waals surface area contributed by atoms with Crippen LogP contribution in [0.1, 0.15) is 5.56 Å². The van der Waals surface area contributed by atoms with Gasteiger partial charge in [-0.3, -0.25) is 0 Å². The van der Waals surface area contributed by atoms with Crippen LogP contribution in [0.3, 0.4) is 0 Å². The van der Waals surface area contributed by atoms with Gasteiger partial charge in [0.1, 0.15) is 5.75 Å². The van der Waals surface area contributed by atoms with Crippen LogP contribution in [0.5, 0.6) is 5.75 Å². The van der Waals surface area contributed by atoms with E-state index >= 15 is 0 Å². The van der Waals surface area contributed by atoms with Crippen molar-refractivity contribution in [1.82, 2.24) is 0 Å². The zero-order valence-electron chi connectivity index (χ0n) is 8.73. The number of hydrogen-bond acceptors (Lipinski definition) is 2. The first kappa shape index (κ1) is 12.2. The molecule has 1 aromatic carbocycles. The molecule has 0 unspecified atom stereocenters. The van der Waals surface area contributed by atoms with Gasteiger partial charge in [-0.1, -0.05) is 29.8 Å². The summed E-state index contributed by atoms with van der Waals surface area (Å²) in [5.41, 5.74) is 1.85. The van der Waals surface area contributed by atoms with Crippen molar-refractivity contribution in [3.8, 4) is 5.75 Å². The van der Waals surface area contributed by atoms with Gasteiger partial charge in [-0.25, -0.2) is 0 Å². The molecule has 0 aromatic heterocycles. The van der Waals surface area contributed by atoms with Gasteiger partial charge in [0.05, 0.1) is 19.3 Å². The van der Waals surface area contributed by atoms with Crippen molar-refractivity contribution < 1.29 is 4.74 Å². The van der Waals surface area contributed by atoms with Gasteiger partial charge in [0.2, 0.25) is 0 Å². The first-order valence-electron chi connectivity index (χ1n) is 4.46. The largest absolute Gasteiger partial charge is 0.495 e. The third kappa shape index (κ3) is 3.33. The molecule has 4 heteroatoms. The molecule has 0 fully saturated rings. The number of aryl methyl sites for hydroxylation is 1. The number of ether oxygens (including phenoxy) is 1. The van der Waals surface area contributed by atoms with Gasteiger partial charge in [0, 0.05) is 16.1 Å². The van der Waals surface area contributed by atoms with Gasteiger partial charge >= 0.3 is 0 Å². The fourth-order valence-corrected chi connectivity index (χ4v) is 1.38. The third-order valence-corrected chi connectivity index (χ3v) is 2.49. The Labute approximate surface area is 99.8 Å². The van der Waals surface area contributed by atoms with Crippen LogP contribution >= 0.6 is 23.2 Å². The predicted molar refractivity (Wildman–Crippen MR) is 66.2 cm³/mol. The fourth-order valence-electron chi connectivity index (χ4n) is 1.16. The van der Waals surface area contributed by atoms with E-state index in [4.69, 9.17) is 27.9 Å². The number of halogens is 2. The van der Waals surface area contributed by atoms with Crippen LogP contribution in [0.4, 0.5) is 5.69 Å².